The number of likely N-dealkylation sites (tertiary alicyclic amines) is 1. The lowest BCUT2D eigenvalue weighted by atomic mass is 9.97. The van der Waals surface area contributed by atoms with Crippen LogP contribution in [-0.4, -0.2) is 54.2 Å². The van der Waals surface area contributed by atoms with Crippen molar-refractivity contribution in [2.45, 2.75) is 25.2 Å². The van der Waals surface area contributed by atoms with E-state index < -0.39 is 12.1 Å². The lowest BCUT2D eigenvalue weighted by Crippen LogP contribution is -2.41. The molecule has 33 heavy (non-hydrogen) atoms. The smallest absolute Gasteiger partial charge is 0.407 e. The highest BCUT2D eigenvalue weighted by atomic mass is 16.5. The number of ether oxygens (including phenoxy) is 1. The summed E-state index contributed by atoms with van der Waals surface area (Å²) in [5, 5.41) is 11.9. The number of carbonyl (C=O) groups excluding carboxylic acids is 2. The molecule has 1 heterocycles. The molecular weight excluding hydrogens is 420 g/mol. The molecule has 7 heteroatoms. The van der Waals surface area contributed by atoms with Gasteiger partial charge in [0.2, 0.25) is 5.91 Å². The van der Waals surface area contributed by atoms with Crippen LogP contribution in [0.25, 0.3) is 11.1 Å². The van der Waals surface area contributed by atoms with E-state index in [4.69, 9.17) is 9.84 Å². The molecule has 1 aliphatic heterocycles. The molecule has 7 nitrogen and oxygen atoms in total. The zero-order chi connectivity index (χ0) is 22.9. The predicted molar refractivity (Wildman–Crippen MR) is 122 cm³/mol. The van der Waals surface area contributed by atoms with Crippen LogP contribution >= 0.6 is 0 Å². The van der Waals surface area contributed by atoms with Crippen molar-refractivity contribution in [3.05, 3.63) is 59.7 Å². The molecule has 5 rings (SSSR count). The van der Waals surface area contributed by atoms with Gasteiger partial charge in [-0.2, -0.15) is 0 Å². The normalized spacial score (nSPS) is 21.8. The Morgan fingerprint density at radius 3 is 2.18 bits per heavy atom. The van der Waals surface area contributed by atoms with Crippen LogP contribution in [0.5, 0.6) is 0 Å². The summed E-state index contributed by atoms with van der Waals surface area (Å²) in [6, 6.07) is 16.4. The minimum atomic E-state index is -0.779. The van der Waals surface area contributed by atoms with Crippen molar-refractivity contribution in [2.75, 3.05) is 26.2 Å². The Morgan fingerprint density at radius 1 is 0.970 bits per heavy atom. The third-order valence-electron chi connectivity index (χ3n) is 7.25. The first-order valence-corrected chi connectivity index (χ1v) is 11.6. The first-order chi connectivity index (χ1) is 16.0. The largest absolute Gasteiger partial charge is 0.481 e. The van der Waals surface area contributed by atoms with Gasteiger partial charge in [0.05, 0.1) is 5.92 Å². The van der Waals surface area contributed by atoms with Crippen LogP contribution in [0.15, 0.2) is 48.5 Å². The summed E-state index contributed by atoms with van der Waals surface area (Å²) >= 11 is 0. The van der Waals surface area contributed by atoms with Crippen molar-refractivity contribution in [1.29, 1.82) is 0 Å². The molecule has 0 spiro atoms. The molecule has 2 aliphatic carbocycles. The van der Waals surface area contributed by atoms with Crippen LogP contribution in [0.2, 0.25) is 0 Å². The number of carboxylic acids is 1. The van der Waals surface area contributed by atoms with Crippen molar-refractivity contribution in [1.82, 2.24) is 10.2 Å². The molecule has 2 atom stereocenters. The number of benzene rings is 2. The minimum absolute atomic E-state index is 0.0205. The first kappa shape index (κ1) is 21.5. The van der Waals surface area contributed by atoms with E-state index in [1.807, 2.05) is 24.3 Å². The Labute approximate surface area is 192 Å². The highest BCUT2D eigenvalue weighted by Crippen LogP contribution is 2.44. The summed E-state index contributed by atoms with van der Waals surface area (Å²) < 4.78 is 5.56. The Balaban J connectivity index is 1.08. The monoisotopic (exact) mass is 448 g/mol. The molecule has 2 unspecified atom stereocenters. The number of hydrogen-bond acceptors (Lipinski definition) is 4. The summed E-state index contributed by atoms with van der Waals surface area (Å²) in [6.45, 7) is 1.68. The number of nitrogens with one attached hydrogen (secondary N) is 1. The molecule has 2 aromatic rings. The number of aliphatic carboxylic acids is 1. The molecule has 2 amide bonds. The van der Waals surface area contributed by atoms with Gasteiger partial charge in [-0.15, -0.1) is 0 Å². The second-order valence-corrected chi connectivity index (χ2v) is 9.25. The van der Waals surface area contributed by atoms with Gasteiger partial charge in [0.25, 0.3) is 0 Å². The zero-order valence-corrected chi connectivity index (χ0v) is 18.4. The van der Waals surface area contributed by atoms with Gasteiger partial charge < -0.3 is 20.1 Å². The molecule has 1 saturated heterocycles. The molecule has 1 saturated carbocycles. The topological polar surface area (TPSA) is 95.9 Å². The van der Waals surface area contributed by atoms with Gasteiger partial charge in [-0.3, -0.25) is 9.59 Å². The minimum Gasteiger partial charge on any atom is -0.481 e. The first-order valence-electron chi connectivity index (χ1n) is 11.6. The third-order valence-corrected chi connectivity index (χ3v) is 7.25. The highest BCUT2D eigenvalue weighted by Gasteiger charge is 2.45. The second kappa shape index (κ2) is 8.89. The SMILES string of the molecule is O=C(NCC1CC1C(=O)N1CCC(C(=O)O)CC1)OCC1c2ccccc2-c2ccccc21. The Kier molecular flexibility index (Phi) is 5.79. The van der Waals surface area contributed by atoms with Crippen LogP contribution in [0.3, 0.4) is 0 Å². The molecule has 3 aliphatic rings. The van der Waals surface area contributed by atoms with Crippen molar-refractivity contribution in [2.24, 2.45) is 17.8 Å². The number of carboxylic acid groups (broad SMARTS) is 1. The standard InChI is InChI=1S/C26H28N2O5/c29-24(28-11-9-16(10-12-28)25(30)31)22-13-17(22)14-27-26(32)33-15-23-20-7-3-1-5-18(20)19-6-2-4-8-21(19)23/h1-8,16-17,22-23H,9-15H2,(H,27,32)(H,30,31). The number of alkyl carbamates (subject to hydrolysis) is 1. The lowest BCUT2D eigenvalue weighted by Gasteiger charge is -2.30. The fourth-order valence-electron chi connectivity index (χ4n) is 5.22. The summed E-state index contributed by atoms with van der Waals surface area (Å²) in [6.07, 6.45) is 1.31. The molecule has 2 N–H and O–H groups in total. The maximum atomic E-state index is 12.7. The van der Waals surface area contributed by atoms with Gasteiger partial charge in [-0.25, -0.2) is 4.79 Å². The fraction of sp³-hybridized carbons (Fsp3) is 0.423. The Morgan fingerprint density at radius 2 is 1.58 bits per heavy atom. The van der Waals surface area contributed by atoms with Gasteiger partial charge in [0, 0.05) is 31.5 Å². The number of fused-ring (bicyclic) bond motifs is 3. The zero-order valence-electron chi connectivity index (χ0n) is 18.4. The second-order valence-electron chi connectivity index (χ2n) is 9.25. The fourth-order valence-corrected chi connectivity index (χ4v) is 5.22. The van der Waals surface area contributed by atoms with Crippen molar-refractivity contribution >= 4 is 18.0 Å². The molecule has 0 bridgehead atoms. The summed E-state index contributed by atoms with van der Waals surface area (Å²) in [5.74, 6) is -0.987. The maximum Gasteiger partial charge on any atom is 0.407 e. The van der Waals surface area contributed by atoms with Gasteiger partial charge >= 0.3 is 12.1 Å². The number of hydrogen-bond donors (Lipinski definition) is 2. The van der Waals surface area contributed by atoms with Crippen molar-refractivity contribution in [3.8, 4) is 11.1 Å². The van der Waals surface area contributed by atoms with E-state index in [0.29, 0.717) is 32.5 Å². The van der Waals surface area contributed by atoms with Crippen molar-refractivity contribution < 1.29 is 24.2 Å². The summed E-state index contributed by atoms with van der Waals surface area (Å²) in [5.41, 5.74) is 4.72. The molecule has 172 valence electrons. The van der Waals surface area contributed by atoms with Gasteiger partial charge in [-0.05, 0) is 47.4 Å². The third kappa shape index (κ3) is 4.32. The quantitative estimate of drug-likeness (QED) is 0.705. The molecular formula is C26H28N2O5. The van der Waals surface area contributed by atoms with Crippen LogP contribution < -0.4 is 5.32 Å². The number of piperidine rings is 1. The van der Waals surface area contributed by atoms with Gasteiger partial charge in [0.1, 0.15) is 6.61 Å². The number of nitrogens with zero attached hydrogens (tertiary/aromatic N) is 1. The van der Waals surface area contributed by atoms with Crippen LogP contribution in [0.1, 0.15) is 36.3 Å². The van der Waals surface area contributed by atoms with E-state index in [9.17, 15) is 14.4 Å². The number of carbonyl (C=O) groups is 3. The van der Waals surface area contributed by atoms with Gasteiger partial charge in [0.15, 0.2) is 0 Å². The van der Waals surface area contributed by atoms with Crippen LogP contribution in [0, 0.1) is 17.8 Å². The van der Waals surface area contributed by atoms with E-state index in [2.05, 4.69) is 29.6 Å². The number of amides is 2. The predicted octanol–water partition coefficient (Wildman–Crippen LogP) is 3.48. The molecule has 0 aromatic heterocycles. The Hall–Kier alpha value is -3.35. The summed E-state index contributed by atoms with van der Waals surface area (Å²) in [4.78, 5) is 37.9. The van der Waals surface area contributed by atoms with E-state index in [0.717, 1.165) is 6.42 Å². The molecule has 0 radical (unpaired) electrons. The van der Waals surface area contributed by atoms with Crippen molar-refractivity contribution in [3.63, 3.8) is 0 Å². The van der Waals surface area contributed by atoms with E-state index in [-0.39, 0.29) is 36.2 Å². The maximum absolute atomic E-state index is 12.7. The van der Waals surface area contributed by atoms with E-state index in [1.165, 1.54) is 22.3 Å². The lowest BCUT2D eigenvalue weighted by molar-refractivity contribution is -0.146. The van der Waals surface area contributed by atoms with Crippen LogP contribution in [-0.2, 0) is 14.3 Å². The van der Waals surface area contributed by atoms with E-state index >= 15 is 0 Å². The average Bonchev–Trinajstić information content (AvgIpc) is 3.56. The molecule has 2 aromatic carbocycles. The summed E-state index contributed by atoms with van der Waals surface area (Å²) in [7, 11) is 0. The van der Waals surface area contributed by atoms with E-state index in [1.54, 1.807) is 4.90 Å². The molecule has 2 fully saturated rings. The van der Waals surface area contributed by atoms with Gasteiger partial charge in [-0.1, -0.05) is 48.5 Å². The highest BCUT2D eigenvalue weighted by molar-refractivity contribution is 5.82. The number of rotatable bonds is 6. The van der Waals surface area contributed by atoms with Crippen LogP contribution in [0.4, 0.5) is 4.79 Å². The Bertz CT molecular complexity index is 1030. The average molecular weight is 449 g/mol.